The highest BCUT2D eigenvalue weighted by Gasteiger charge is 1.91. The molecule has 74 valence electrons. The second-order valence-electron chi connectivity index (χ2n) is 3.18. The van der Waals surface area contributed by atoms with Gasteiger partial charge in [0.15, 0.2) is 0 Å². The van der Waals surface area contributed by atoms with Gasteiger partial charge in [0.1, 0.15) is 0 Å². The number of nitrogens with zero attached hydrogens (tertiary/aromatic N) is 2. The molecule has 0 aliphatic heterocycles. The number of rotatable bonds is 7. The quantitative estimate of drug-likeness (QED) is 0.604. The minimum atomic E-state index is 0.891. The van der Waals surface area contributed by atoms with Crippen LogP contribution in [0.3, 0.4) is 0 Å². The number of unbranched alkanes of at least 4 members (excludes halogenated alkanes) is 3. The van der Waals surface area contributed by atoms with Crippen molar-refractivity contribution in [2.24, 2.45) is 0 Å². The Bertz CT molecular complexity index is 197. The van der Waals surface area contributed by atoms with Crippen LogP contribution < -0.4 is 0 Å². The minimum Gasteiger partial charge on any atom is -0.385 e. The van der Waals surface area contributed by atoms with Gasteiger partial charge in [-0.3, -0.25) is 4.68 Å². The summed E-state index contributed by atoms with van der Waals surface area (Å²) < 4.78 is 6.96. The topological polar surface area (TPSA) is 27.1 Å². The fourth-order valence-electron chi connectivity index (χ4n) is 1.31. The molecular formula is C10H18N2O. The molecule has 0 aliphatic carbocycles. The molecule has 0 aromatic carbocycles. The zero-order chi connectivity index (χ0) is 9.36. The van der Waals surface area contributed by atoms with Crippen LogP contribution in [0.1, 0.15) is 25.7 Å². The molecule has 0 spiro atoms. The smallest absolute Gasteiger partial charge is 0.0489 e. The van der Waals surface area contributed by atoms with Crippen LogP contribution in [0.15, 0.2) is 18.5 Å². The van der Waals surface area contributed by atoms with Crippen LogP contribution >= 0.6 is 0 Å². The molecule has 0 saturated heterocycles. The third kappa shape index (κ3) is 4.68. The lowest BCUT2D eigenvalue weighted by atomic mass is 10.2. The summed E-state index contributed by atoms with van der Waals surface area (Å²) in [4.78, 5) is 0. The summed E-state index contributed by atoms with van der Waals surface area (Å²) in [6.07, 6.45) is 8.75. The molecule has 1 heterocycles. The van der Waals surface area contributed by atoms with Gasteiger partial charge in [0.2, 0.25) is 0 Å². The Kier molecular flexibility index (Phi) is 5.25. The van der Waals surface area contributed by atoms with E-state index < -0.39 is 0 Å². The number of hydrogen-bond acceptors (Lipinski definition) is 2. The van der Waals surface area contributed by atoms with E-state index in [1.807, 2.05) is 23.1 Å². The van der Waals surface area contributed by atoms with Crippen LogP contribution in [-0.4, -0.2) is 23.5 Å². The fraction of sp³-hybridized carbons (Fsp3) is 0.700. The highest BCUT2D eigenvalue weighted by Crippen LogP contribution is 2.01. The van der Waals surface area contributed by atoms with Crippen molar-refractivity contribution in [3.8, 4) is 0 Å². The van der Waals surface area contributed by atoms with Gasteiger partial charge >= 0.3 is 0 Å². The maximum absolute atomic E-state index is 4.98. The predicted molar refractivity (Wildman–Crippen MR) is 52.6 cm³/mol. The van der Waals surface area contributed by atoms with Gasteiger partial charge in [0.05, 0.1) is 0 Å². The van der Waals surface area contributed by atoms with E-state index in [1.165, 1.54) is 25.7 Å². The first-order valence-electron chi connectivity index (χ1n) is 4.90. The van der Waals surface area contributed by atoms with Gasteiger partial charge in [0, 0.05) is 32.7 Å². The van der Waals surface area contributed by atoms with Crippen molar-refractivity contribution in [2.75, 3.05) is 13.7 Å². The number of hydrogen-bond donors (Lipinski definition) is 0. The Labute approximate surface area is 79.7 Å². The lowest BCUT2D eigenvalue weighted by Gasteiger charge is -2.01. The molecule has 0 radical (unpaired) electrons. The molecule has 0 bridgehead atoms. The van der Waals surface area contributed by atoms with Crippen molar-refractivity contribution >= 4 is 0 Å². The fourth-order valence-corrected chi connectivity index (χ4v) is 1.31. The van der Waals surface area contributed by atoms with Crippen molar-refractivity contribution in [3.63, 3.8) is 0 Å². The Morgan fingerprint density at radius 3 is 2.77 bits per heavy atom. The van der Waals surface area contributed by atoms with Crippen molar-refractivity contribution in [3.05, 3.63) is 18.5 Å². The summed E-state index contributed by atoms with van der Waals surface area (Å²) in [6, 6.07) is 1.96. The lowest BCUT2D eigenvalue weighted by Crippen LogP contribution is -1.98. The maximum Gasteiger partial charge on any atom is 0.0489 e. The van der Waals surface area contributed by atoms with Gasteiger partial charge in [-0.2, -0.15) is 5.10 Å². The number of aromatic nitrogens is 2. The van der Waals surface area contributed by atoms with Crippen LogP contribution in [0.5, 0.6) is 0 Å². The molecule has 0 fully saturated rings. The Balaban J connectivity index is 1.90. The van der Waals surface area contributed by atoms with Gasteiger partial charge in [-0.05, 0) is 18.9 Å². The monoisotopic (exact) mass is 182 g/mol. The van der Waals surface area contributed by atoms with E-state index in [9.17, 15) is 0 Å². The lowest BCUT2D eigenvalue weighted by molar-refractivity contribution is 0.191. The van der Waals surface area contributed by atoms with Crippen molar-refractivity contribution in [1.29, 1.82) is 0 Å². The third-order valence-corrected chi connectivity index (χ3v) is 2.04. The van der Waals surface area contributed by atoms with Gasteiger partial charge in [-0.25, -0.2) is 0 Å². The molecule has 0 amide bonds. The maximum atomic E-state index is 4.98. The molecule has 13 heavy (non-hydrogen) atoms. The van der Waals surface area contributed by atoms with Crippen LogP contribution in [0, 0.1) is 0 Å². The zero-order valence-electron chi connectivity index (χ0n) is 8.28. The van der Waals surface area contributed by atoms with Crippen molar-refractivity contribution < 1.29 is 4.74 Å². The zero-order valence-corrected chi connectivity index (χ0v) is 8.28. The summed E-state index contributed by atoms with van der Waals surface area (Å²) in [5.41, 5.74) is 0. The molecule has 0 aliphatic rings. The summed E-state index contributed by atoms with van der Waals surface area (Å²) in [5.74, 6) is 0. The molecule has 1 aromatic rings. The molecular weight excluding hydrogens is 164 g/mol. The van der Waals surface area contributed by atoms with Crippen LogP contribution in [0.2, 0.25) is 0 Å². The first kappa shape index (κ1) is 10.3. The largest absolute Gasteiger partial charge is 0.385 e. The third-order valence-electron chi connectivity index (χ3n) is 2.04. The summed E-state index contributed by atoms with van der Waals surface area (Å²) >= 11 is 0. The van der Waals surface area contributed by atoms with Gasteiger partial charge in [0.25, 0.3) is 0 Å². The van der Waals surface area contributed by atoms with Crippen LogP contribution in [0.25, 0.3) is 0 Å². The Morgan fingerprint density at radius 1 is 1.23 bits per heavy atom. The van der Waals surface area contributed by atoms with E-state index in [0.717, 1.165) is 13.2 Å². The molecule has 0 N–H and O–H groups in total. The second kappa shape index (κ2) is 6.66. The Morgan fingerprint density at radius 2 is 2.08 bits per heavy atom. The van der Waals surface area contributed by atoms with Crippen molar-refractivity contribution in [1.82, 2.24) is 9.78 Å². The highest BCUT2D eigenvalue weighted by atomic mass is 16.5. The summed E-state index contributed by atoms with van der Waals surface area (Å²) in [5, 5.41) is 4.14. The first-order valence-corrected chi connectivity index (χ1v) is 4.90. The highest BCUT2D eigenvalue weighted by molar-refractivity contribution is 4.77. The standard InChI is InChI=1S/C10H18N2O/c1-13-10-5-3-2-4-8-12-9-6-7-11-12/h6-7,9H,2-5,8,10H2,1H3. The summed E-state index contributed by atoms with van der Waals surface area (Å²) in [7, 11) is 1.75. The molecule has 1 rings (SSSR count). The Hall–Kier alpha value is -0.830. The first-order chi connectivity index (χ1) is 6.43. The van der Waals surface area contributed by atoms with E-state index in [2.05, 4.69) is 5.10 Å². The summed E-state index contributed by atoms with van der Waals surface area (Å²) in [6.45, 7) is 1.93. The number of ether oxygens (including phenoxy) is 1. The van der Waals surface area contributed by atoms with E-state index >= 15 is 0 Å². The normalized spacial score (nSPS) is 10.5. The van der Waals surface area contributed by atoms with E-state index in [-0.39, 0.29) is 0 Å². The van der Waals surface area contributed by atoms with Crippen molar-refractivity contribution in [2.45, 2.75) is 32.2 Å². The van der Waals surface area contributed by atoms with Crippen LogP contribution in [0.4, 0.5) is 0 Å². The van der Waals surface area contributed by atoms with E-state index in [0.29, 0.717) is 0 Å². The van der Waals surface area contributed by atoms with Gasteiger partial charge < -0.3 is 4.74 Å². The molecule has 0 atom stereocenters. The molecule has 0 saturated carbocycles. The van der Waals surface area contributed by atoms with Gasteiger partial charge in [-0.15, -0.1) is 0 Å². The molecule has 3 heteroatoms. The van der Waals surface area contributed by atoms with E-state index in [1.54, 1.807) is 7.11 Å². The van der Waals surface area contributed by atoms with Crippen LogP contribution in [-0.2, 0) is 11.3 Å². The van der Waals surface area contributed by atoms with E-state index in [4.69, 9.17) is 4.74 Å². The second-order valence-corrected chi connectivity index (χ2v) is 3.18. The average Bonchev–Trinajstić information content (AvgIpc) is 2.63. The predicted octanol–water partition coefficient (Wildman–Crippen LogP) is 2.09. The molecule has 3 nitrogen and oxygen atoms in total. The number of aryl methyl sites for hydroxylation is 1. The molecule has 1 aromatic heterocycles. The number of methoxy groups -OCH3 is 1. The molecule has 0 unspecified atom stereocenters. The SMILES string of the molecule is COCCCCCCn1cccn1. The average molecular weight is 182 g/mol. The minimum absolute atomic E-state index is 0.891. The van der Waals surface area contributed by atoms with Gasteiger partial charge in [-0.1, -0.05) is 12.8 Å².